The van der Waals surface area contributed by atoms with Crippen LogP contribution in [0.25, 0.3) is 10.1 Å². The number of carbonyl (C=O) groups is 1. The Kier molecular flexibility index (Phi) is 2.77. The van der Waals surface area contributed by atoms with E-state index in [9.17, 15) is 14.3 Å². The second-order valence-corrected chi connectivity index (χ2v) is 5.19. The van der Waals surface area contributed by atoms with E-state index in [-0.39, 0.29) is 24.9 Å². The van der Waals surface area contributed by atoms with Crippen LogP contribution in [0.4, 0.5) is 4.39 Å². The molecule has 1 aliphatic rings. The van der Waals surface area contributed by atoms with E-state index < -0.39 is 6.10 Å². The first-order valence-electron chi connectivity index (χ1n) is 5.45. The lowest BCUT2D eigenvalue weighted by Crippen LogP contribution is -2.27. The Bertz CT molecular complexity index is 612. The summed E-state index contributed by atoms with van der Waals surface area (Å²) in [6.45, 7) is 0.298. The summed E-state index contributed by atoms with van der Waals surface area (Å²) in [5, 5.41) is 11.1. The minimum atomic E-state index is -0.638. The van der Waals surface area contributed by atoms with Crippen LogP contribution in [0.3, 0.4) is 0 Å². The summed E-state index contributed by atoms with van der Waals surface area (Å²) in [6, 6.07) is 6.04. The van der Waals surface area contributed by atoms with Crippen molar-refractivity contribution in [3.8, 4) is 0 Å². The Morgan fingerprint density at radius 2 is 2.33 bits per heavy atom. The summed E-state index contributed by atoms with van der Waals surface area (Å²) < 4.78 is 13.9. The lowest BCUT2D eigenvalue weighted by Gasteiger charge is -2.11. The minimum Gasteiger partial charge on any atom is -0.389 e. The zero-order valence-corrected chi connectivity index (χ0v) is 10.1. The number of β-amino-alcohol motifs (C(OH)–C–C–N with tert-alkyl or cyclic N) is 1. The SMILES string of the molecule is O=C(c1cc2cc(F)ccc2s1)N1C[C@@H](O)CO1. The molecule has 2 aromatic rings. The fourth-order valence-corrected chi connectivity index (χ4v) is 2.84. The monoisotopic (exact) mass is 267 g/mol. The Labute approximate surface area is 106 Å². The first-order valence-corrected chi connectivity index (χ1v) is 6.27. The topological polar surface area (TPSA) is 49.8 Å². The first-order chi connectivity index (χ1) is 8.63. The van der Waals surface area contributed by atoms with Crippen LogP contribution in [0, 0.1) is 5.82 Å². The van der Waals surface area contributed by atoms with E-state index in [1.807, 2.05) is 0 Å². The van der Waals surface area contributed by atoms with Crippen molar-refractivity contribution in [1.29, 1.82) is 0 Å². The van der Waals surface area contributed by atoms with Crippen LogP contribution in [0.2, 0.25) is 0 Å². The number of hydrogen-bond acceptors (Lipinski definition) is 4. The fraction of sp³-hybridized carbons (Fsp3) is 0.250. The number of nitrogens with zero attached hydrogens (tertiary/aromatic N) is 1. The molecule has 1 fully saturated rings. The number of benzene rings is 1. The van der Waals surface area contributed by atoms with Gasteiger partial charge in [0.25, 0.3) is 5.91 Å². The van der Waals surface area contributed by atoms with Crippen molar-refractivity contribution in [2.45, 2.75) is 6.10 Å². The predicted octanol–water partition coefficient (Wildman–Crippen LogP) is 1.79. The van der Waals surface area contributed by atoms with Gasteiger partial charge >= 0.3 is 0 Å². The summed E-state index contributed by atoms with van der Waals surface area (Å²) in [6.07, 6.45) is -0.638. The van der Waals surface area contributed by atoms with E-state index in [1.54, 1.807) is 12.1 Å². The minimum absolute atomic E-state index is 0.130. The van der Waals surface area contributed by atoms with Gasteiger partial charge in [-0.3, -0.25) is 9.63 Å². The fourth-order valence-electron chi connectivity index (χ4n) is 1.86. The highest BCUT2D eigenvalue weighted by atomic mass is 32.1. The molecule has 1 amide bonds. The van der Waals surface area contributed by atoms with Gasteiger partial charge in [-0.05, 0) is 29.7 Å². The number of carbonyl (C=O) groups excluding carboxylic acids is 1. The molecule has 0 aliphatic carbocycles. The van der Waals surface area contributed by atoms with Crippen LogP contribution < -0.4 is 0 Å². The molecule has 1 atom stereocenters. The highest BCUT2D eigenvalue weighted by Gasteiger charge is 2.28. The van der Waals surface area contributed by atoms with E-state index in [0.717, 1.165) is 9.76 Å². The van der Waals surface area contributed by atoms with Crippen molar-refractivity contribution in [3.05, 3.63) is 35.0 Å². The van der Waals surface area contributed by atoms with Crippen molar-refractivity contribution in [3.63, 3.8) is 0 Å². The molecular weight excluding hydrogens is 257 g/mol. The van der Waals surface area contributed by atoms with Crippen LogP contribution in [-0.2, 0) is 4.84 Å². The second kappa shape index (κ2) is 4.31. The van der Waals surface area contributed by atoms with Gasteiger partial charge in [0.15, 0.2) is 0 Å². The van der Waals surface area contributed by atoms with Gasteiger partial charge in [0.2, 0.25) is 0 Å². The van der Waals surface area contributed by atoms with E-state index in [1.165, 1.54) is 23.5 Å². The summed E-state index contributed by atoms with van der Waals surface area (Å²) >= 11 is 1.28. The molecule has 6 heteroatoms. The van der Waals surface area contributed by atoms with Gasteiger partial charge in [-0.15, -0.1) is 11.3 Å². The molecule has 0 saturated carbocycles. The van der Waals surface area contributed by atoms with Crippen LogP contribution >= 0.6 is 11.3 Å². The van der Waals surface area contributed by atoms with Gasteiger partial charge in [0.1, 0.15) is 18.5 Å². The Morgan fingerprint density at radius 1 is 1.50 bits per heavy atom. The zero-order valence-electron chi connectivity index (χ0n) is 9.30. The summed E-state index contributed by atoms with van der Waals surface area (Å²) in [4.78, 5) is 17.6. The maximum atomic E-state index is 13.1. The van der Waals surface area contributed by atoms with E-state index >= 15 is 0 Å². The normalized spacial score (nSPS) is 19.7. The third kappa shape index (κ3) is 1.98. The van der Waals surface area contributed by atoms with Gasteiger partial charge < -0.3 is 5.11 Å². The molecule has 1 N–H and O–H groups in total. The van der Waals surface area contributed by atoms with E-state index in [4.69, 9.17) is 4.84 Å². The maximum absolute atomic E-state index is 13.1. The highest BCUT2D eigenvalue weighted by Crippen LogP contribution is 2.27. The Morgan fingerprint density at radius 3 is 3.06 bits per heavy atom. The maximum Gasteiger partial charge on any atom is 0.287 e. The lowest BCUT2D eigenvalue weighted by atomic mass is 10.2. The van der Waals surface area contributed by atoms with Crippen molar-refractivity contribution in [1.82, 2.24) is 5.06 Å². The molecule has 0 bridgehead atoms. The third-order valence-corrected chi connectivity index (χ3v) is 3.82. The third-order valence-electron chi connectivity index (χ3n) is 2.71. The number of rotatable bonds is 1. The molecular formula is C12H10FNO3S. The summed E-state index contributed by atoms with van der Waals surface area (Å²) in [5.41, 5.74) is 0. The van der Waals surface area contributed by atoms with Gasteiger partial charge in [-0.2, -0.15) is 0 Å². The van der Waals surface area contributed by atoms with Crippen LogP contribution in [0.1, 0.15) is 9.67 Å². The van der Waals surface area contributed by atoms with Crippen molar-refractivity contribution >= 4 is 27.3 Å². The molecule has 18 heavy (non-hydrogen) atoms. The molecule has 1 aromatic carbocycles. The summed E-state index contributed by atoms with van der Waals surface area (Å²) in [5.74, 6) is -0.625. The number of halogens is 1. The van der Waals surface area contributed by atoms with Crippen molar-refractivity contribution < 1.29 is 19.1 Å². The van der Waals surface area contributed by atoms with Gasteiger partial charge in [0, 0.05) is 4.70 Å². The van der Waals surface area contributed by atoms with Crippen LogP contribution in [0.15, 0.2) is 24.3 Å². The molecule has 0 unspecified atom stereocenters. The number of aliphatic hydroxyl groups is 1. The smallest absolute Gasteiger partial charge is 0.287 e. The van der Waals surface area contributed by atoms with E-state index in [2.05, 4.69) is 0 Å². The second-order valence-electron chi connectivity index (χ2n) is 4.11. The molecule has 1 aliphatic heterocycles. The molecule has 0 radical (unpaired) electrons. The average Bonchev–Trinajstić information content (AvgIpc) is 2.93. The molecule has 0 spiro atoms. The Hall–Kier alpha value is -1.50. The zero-order chi connectivity index (χ0) is 12.7. The molecule has 94 valence electrons. The van der Waals surface area contributed by atoms with Crippen molar-refractivity contribution in [2.75, 3.05) is 13.2 Å². The Balaban J connectivity index is 1.92. The van der Waals surface area contributed by atoms with Gasteiger partial charge in [-0.1, -0.05) is 0 Å². The molecule has 1 saturated heterocycles. The number of amides is 1. The quantitative estimate of drug-likeness (QED) is 0.857. The molecule has 4 nitrogen and oxygen atoms in total. The number of fused-ring (bicyclic) bond motifs is 1. The standard InChI is InChI=1S/C12H10FNO3S/c13-8-1-2-10-7(3-8)4-11(18-10)12(16)14-5-9(15)6-17-14/h1-4,9,15H,5-6H2/t9-/m1/s1. The number of hydrogen-bond donors (Lipinski definition) is 1. The molecule has 1 aromatic heterocycles. The predicted molar refractivity (Wildman–Crippen MR) is 64.8 cm³/mol. The largest absolute Gasteiger partial charge is 0.389 e. The number of thiophene rings is 1. The van der Waals surface area contributed by atoms with Crippen molar-refractivity contribution in [2.24, 2.45) is 0 Å². The molecule has 3 rings (SSSR count). The first kappa shape index (κ1) is 11.6. The average molecular weight is 267 g/mol. The summed E-state index contributed by atoms with van der Waals surface area (Å²) in [7, 11) is 0. The van der Waals surface area contributed by atoms with Gasteiger partial charge in [-0.25, -0.2) is 9.45 Å². The van der Waals surface area contributed by atoms with Crippen LogP contribution in [0.5, 0.6) is 0 Å². The number of hydroxylamine groups is 2. The highest BCUT2D eigenvalue weighted by molar-refractivity contribution is 7.20. The molecule has 2 heterocycles. The lowest BCUT2D eigenvalue weighted by molar-refractivity contribution is -0.0776. The van der Waals surface area contributed by atoms with E-state index in [0.29, 0.717) is 10.3 Å². The van der Waals surface area contributed by atoms with Gasteiger partial charge in [0.05, 0.1) is 11.4 Å². The van der Waals surface area contributed by atoms with Crippen LogP contribution in [-0.4, -0.2) is 35.3 Å². The number of aliphatic hydroxyl groups excluding tert-OH is 1.